The standard InChI is InChI=1S/C20H29N3O3S/c1-4-26-19(24)17-11(2)21-18(27-17)12(3)22-20(25)23-10-15-6-13-5-14(7-15)9-16(23)8-13/h12-16H,4-10H2,1-3H3,(H,22,25)/t12-,13-,14+,15?,16?/m1/s1. The van der Waals surface area contributed by atoms with Gasteiger partial charge in [-0.15, -0.1) is 11.3 Å². The lowest BCUT2D eigenvalue weighted by molar-refractivity contribution is 0.0531. The summed E-state index contributed by atoms with van der Waals surface area (Å²) in [4.78, 5) is 32.2. The Bertz CT molecular complexity index is 720. The first-order valence-corrected chi connectivity index (χ1v) is 11.0. The van der Waals surface area contributed by atoms with E-state index in [9.17, 15) is 9.59 Å². The molecule has 2 aliphatic heterocycles. The lowest BCUT2D eigenvalue weighted by Gasteiger charge is -2.39. The van der Waals surface area contributed by atoms with E-state index in [0.29, 0.717) is 29.1 Å². The molecule has 2 saturated heterocycles. The Hall–Kier alpha value is -1.63. The van der Waals surface area contributed by atoms with Crippen molar-refractivity contribution in [3.05, 3.63) is 15.6 Å². The third-order valence-corrected chi connectivity index (χ3v) is 7.67. The number of amides is 2. The molecule has 1 aromatic rings. The van der Waals surface area contributed by atoms with Crippen LogP contribution in [0.4, 0.5) is 4.79 Å². The quantitative estimate of drug-likeness (QED) is 0.790. The highest BCUT2D eigenvalue weighted by atomic mass is 32.1. The van der Waals surface area contributed by atoms with Gasteiger partial charge in [0.05, 0.1) is 18.3 Å². The summed E-state index contributed by atoms with van der Waals surface area (Å²) in [6, 6.07) is 0.190. The van der Waals surface area contributed by atoms with Crippen molar-refractivity contribution in [2.75, 3.05) is 13.2 Å². The Balaban J connectivity index is 1.44. The number of nitrogens with zero attached hydrogens (tertiary/aromatic N) is 2. The van der Waals surface area contributed by atoms with Crippen LogP contribution in [0, 0.1) is 24.7 Å². The third-order valence-electron chi connectivity index (χ3n) is 6.35. The number of carbonyl (C=O) groups is 2. The van der Waals surface area contributed by atoms with Crippen LogP contribution in [0.3, 0.4) is 0 Å². The number of thiazole rings is 1. The normalized spacial score (nSPS) is 30.1. The molecular formula is C20H29N3O3S. The molecule has 1 N–H and O–H groups in total. The van der Waals surface area contributed by atoms with Crippen LogP contribution in [-0.4, -0.2) is 41.1 Å². The van der Waals surface area contributed by atoms with Gasteiger partial charge in [-0.1, -0.05) is 0 Å². The van der Waals surface area contributed by atoms with E-state index in [1.807, 2.05) is 13.8 Å². The van der Waals surface area contributed by atoms with Crippen LogP contribution < -0.4 is 5.32 Å². The first-order valence-electron chi connectivity index (χ1n) is 10.2. The molecule has 0 spiro atoms. The van der Waals surface area contributed by atoms with Gasteiger partial charge in [-0.05, 0) is 70.6 Å². The predicted molar refractivity (Wildman–Crippen MR) is 104 cm³/mol. The van der Waals surface area contributed by atoms with Crippen LogP contribution in [-0.2, 0) is 4.74 Å². The van der Waals surface area contributed by atoms with Crippen LogP contribution in [0.5, 0.6) is 0 Å². The number of carbonyl (C=O) groups excluding carboxylic acids is 2. The summed E-state index contributed by atoms with van der Waals surface area (Å²) in [6.07, 6.45) is 6.28. The van der Waals surface area contributed by atoms with Crippen LogP contribution in [0.15, 0.2) is 0 Å². The molecule has 0 aromatic carbocycles. The van der Waals surface area contributed by atoms with E-state index in [4.69, 9.17) is 4.74 Å². The molecule has 3 heterocycles. The largest absolute Gasteiger partial charge is 0.462 e. The van der Waals surface area contributed by atoms with E-state index >= 15 is 0 Å². The Morgan fingerprint density at radius 1 is 1.22 bits per heavy atom. The van der Waals surface area contributed by atoms with Crippen molar-refractivity contribution in [2.24, 2.45) is 17.8 Å². The smallest absolute Gasteiger partial charge is 0.350 e. The number of urea groups is 1. The van der Waals surface area contributed by atoms with Gasteiger partial charge in [0.1, 0.15) is 9.88 Å². The molecule has 5 rings (SSSR count). The second-order valence-corrected chi connectivity index (χ2v) is 9.47. The lowest BCUT2D eigenvalue weighted by Crippen LogP contribution is -2.47. The van der Waals surface area contributed by atoms with Crippen molar-refractivity contribution < 1.29 is 14.3 Å². The van der Waals surface area contributed by atoms with Crippen molar-refractivity contribution in [1.29, 1.82) is 0 Å². The first kappa shape index (κ1) is 18.7. The maximum Gasteiger partial charge on any atom is 0.350 e. The van der Waals surface area contributed by atoms with Gasteiger partial charge < -0.3 is 15.0 Å². The molecule has 5 atom stereocenters. The zero-order chi connectivity index (χ0) is 19.1. The van der Waals surface area contributed by atoms with E-state index in [-0.39, 0.29) is 18.0 Å². The molecule has 148 valence electrons. The molecular weight excluding hydrogens is 362 g/mol. The topological polar surface area (TPSA) is 71.5 Å². The molecule has 2 unspecified atom stereocenters. The minimum Gasteiger partial charge on any atom is -0.462 e. The molecule has 6 nitrogen and oxygen atoms in total. The Morgan fingerprint density at radius 2 is 1.89 bits per heavy atom. The summed E-state index contributed by atoms with van der Waals surface area (Å²) in [7, 11) is 0. The van der Waals surface area contributed by atoms with Gasteiger partial charge >= 0.3 is 12.0 Å². The summed E-state index contributed by atoms with van der Waals surface area (Å²) >= 11 is 1.32. The average molecular weight is 392 g/mol. The van der Waals surface area contributed by atoms with Gasteiger partial charge in [-0.3, -0.25) is 0 Å². The minimum absolute atomic E-state index is 0.0197. The number of nitrogens with one attached hydrogen (secondary N) is 1. The summed E-state index contributed by atoms with van der Waals surface area (Å²) in [5.74, 6) is 1.96. The summed E-state index contributed by atoms with van der Waals surface area (Å²) < 4.78 is 5.09. The molecule has 4 bridgehead atoms. The van der Waals surface area contributed by atoms with Crippen LogP contribution in [0.2, 0.25) is 0 Å². The van der Waals surface area contributed by atoms with Gasteiger partial charge in [0.15, 0.2) is 0 Å². The molecule has 2 aliphatic carbocycles. The summed E-state index contributed by atoms with van der Waals surface area (Å²) in [6.45, 7) is 6.77. The Morgan fingerprint density at radius 3 is 2.56 bits per heavy atom. The van der Waals surface area contributed by atoms with Crippen molar-refractivity contribution >= 4 is 23.3 Å². The monoisotopic (exact) mass is 391 g/mol. The van der Waals surface area contributed by atoms with Gasteiger partial charge in [0.2, 0.25) is 0 Å². The second kappa shape index (κ2) is 7.41. The van der Waals surface area contributed by atoms with Gasteiger partial charge in [0.25, 0.3) is 0 Å². The second-order valence-electron chi connectivity index (χ2n) is 8.44. The maximum absolute atomic E-state index is 13.0. The maximum atomic E-state index is 13.0. The fourth-order valence-electron chi connectivity index (χ4n) is 5.35. The predicted octanol–water partition coefficient (Wildman–Crippen LogP) is 3.91. The zero-order valence-electron chi connectivity index (χ0n) is 16.4. The van der Waals surface area contributed by atoms with Crippen molar-refractivity contribution in [2.45, 2.75) is 65.0 Å². The lowest BCUT2D eigenvalue weighted by atomic mass is 9.68. The van der Waals surface area contributed by atoms with Gasteiger partial charge in [0, 0.05) is 12.6 Å². The van der Waals surface area contributed by atoms with E-state index < -0.39 is 0 Å². The fourth-order valence-corrected chi connectivity index (χ4v) is 6.31. The molecule has 0 radical (unpaired) electrons. The van der Waals surface area contributed by atoms with E-state index in [1.165, 1.54) is 30.6 Å². The van der Waals surface area contributed by atoms with Gasteiger partial charge in [-0.2, -0.15) is 0 Å². The van der Waals surface area contributed by atoms with E-state index in [0.717, 1.165) is 36.2 Å². The SMILES string of the molecule is CCOC(=O)c1sc([C@@H](C)NC(=O)N2CC3C[C@@H]4CC2C[C@H](C3)C4)nc1C. The highest BCUT2D eigenvalue weighted by molar-refractivity contribution is 7.13. The number of fused-ring (bicyclic) bond motifs is 1. The summed E-state index contributed by atoms with van der Waals surface area (Å²) in [5.41, 5.74) is 0.667. The molecule has 4 aliphatic rings. The number of hydrogen-bond donors (Lipinski definition) is 1. The van der Waals surface area contributed by atoms with Crippen molar-refractivity contribution in [1.82, 2.24) is 15.2 Å². The highest BCUT2D eigenvalue weighted by Crippen LogP contribution is 2.47. The van der Waals surface area contributed by atoms with Crippen LogP contribution in [0.1, 0.15) is 72.4 Å². The summed E-state index contributed by atoms with van der Waals surface area (Å²) in [5, 5.41) is 3.88. The Kier molecular flexibility index (Phi) is 5.14. The van der Waals surface area contributed by atoms with E-state index in [1.54, 1.807) is 6.92 Å². The number of ether oxygens (including phenoxy) is 1. The van der Waals surface area contributed by atoms with Gasteiger partial charge in [-0.25, -0.2) is 14.6 Å². The molecule has 1 aromatic heterocycles. The molecule has 27 heavy (non-hydrogen) atoms. The zero-order valence-corrected chi connectivity index (χ0v) is 17.2. The fraction of sp³-hybridized carbons (Fsp3) is 0.750. The number of hydrogen-bond acceptors (Lipinski definition) is 5. The van der Waals surface area contributed by atoms with Crippen LogP contribution in [0.25, 0.3) is 0 Å². The molecule has 7 heteroatoms. The Labute approximate surface area is 164 Å². The first-order chi connectivity index (χ1) is 12.9. The number of aryl methyl sites for hydroxylation is 1. The molecule has 2 amide bonds. The van der Waals surface area contributed by atoms with Crippen LogP contribution >= 0.6 is 11.3 Å². The number of rotatable bonds is 4. The molecule has 4 fully saturated rings. The number of esters is 1. The highest BCUT2D eigenvalue weighted by Gasteiger charge is 2.44. The average Bonchev–Trinajstić information content (AvgIpc) is 2.89. The van der Waals surface area contributed by atoms with Crippen molar-refractivity contribution in [3.63, 3.8) is 0 Å². The van der Waals surface area contributed by atoms with E-state index in [2.05, 4.69) is 15.2 Å². The third kappa shape index (κ3) is 3.71. The minimum atomic E-state index is -0.335. The van der Waals surface area contributed by atoms with Crippen molar-refractivity contribution in [3.8, 4) is 0 Å². The number of aromatic nitrogens is 1. The molecule has 2 saturated carbocycles.